The third-order valence-corrected chi connectivity index (χ3v) is 2.73. The summed E-state index contributed by atoms with van der Waals surface area (Å²) in [7, 11) is 0. The third-order valence-electron chi connectivity index (χ3n) is 2.56. The lowest BCUT2D eigenvalue weighted by Gasteiger charge is -2.09. The van der Waals surface area contributed by atoms with E-state index in [2.05, 4.69) is 9.97 Å². The Morgan fingerprint density at radius 2 is 1.94 bits per heavy atom. The molecule has 0 amide bonds. The number of halogens is 4. The Balaban J connectivity index is 2.64. The Kier molecular flexibility index (Phi) is 3.43. The Morgan fingerprint density at radius 3 is 2.56 bits per heavy atom. The molecule has 1 aromatic carbocycles. The van der Waals surface area contributed by atoms with Crippen molar-refractivity contribution in [2.24, 2.45) is 0 Å². The van der Waals surface area contributed by atoms with Crippen molar-refractivity contribution in [2.45, 2.75) is 25.9 Å². The zero-order valence-electron chi connectivity index (χ0n) is 9.55. The number of nitrogens with zero attached hydrogens (tertiary/aromatic N) is 2. The first-order valence-corrected chi connectivity index (χ1v) is 5.83. The molecule has 0 spiro atoms. The summed E-state index contributed by atoms with van der Waals surface area (Å²) in [6, 6.07) is 3.44. The molecule has 0 N–H and O–H groups in total. The molecule has 1 heterocycles. The van der Waals surface area contributed by atoms with E-state index in [-0.39, 0.29) is 10.8 Å². The van der Waals surface area contributed by atoms with E-state index in [9.17, 15) is 13.2 Å². The van der Waals surface area contributed by atoms with Gasteiger partial charge in [-0.05, 0) is 30.2 Å². The van der Waals surface area contributed by atoms with E-state index >= 15 is 0 Å². The van der Waals surface area contributed by atoms with Crippen molar-refractivity contribution in [3.8, 4) is 0 Å². The topological polar surface area (TPSA) is 25.8 Å². The van der Waals surface area contributed by atoms with Crippen LogP contribution in [-0.2, 0) is 12.6 Å². The fourth-order valence-electron chi connectivity index (χ4n) is 1.77. The monoisotopic (exact) mass is 274 g/mol. The van der Waals surface area contributed by atoms with Gasteiger partial charge in [-0.2, -0.15) is 13.2 Å². The van der Waals surface area contributed by atoms with Crippen molar-refractivity contribution in [3.63, 3.8) is 0 Å². The van der Waals surface area contributed by atoms with Crippen LogP contribution in [0.3, 0.4) is 0 Å². The van der Waals surface area contributed by atoms with Crippen LogP contribution in [0.2, 0.25) is 5.28 Å². The number of aryl methyl sites for hydroxylation is 1. The van der Waals surface area contributed by atoms with Crippen LogP contribution in [0.25, 0.3) is 10.9 Å². The highest BCUT2D eigenvalue weighted by atomic mass is 35.5. The number of aromatic nitrogens is 2. The molecule has 0 unspecified atom stereocenters. The second kappa shape index (κ2) is 4.72. The van der Waals surface area contributed by atoms with Gasteiger partial charge in [-0.1, -0.05) is 19.4 Å². The number of alkyl halides is 3. The normalized spacial score (nSPS) is 12.1. The maximum Gasteiger partial charge on any atom is 0.416 e. The molecule has 2 nitrogen and oxygen atoms in total. The maximum atomic E-state index is 12.6. The summed E-state index contributed by atoms with van der Waals surface area (Å²) in [5.74, 6) is 0. The van der Waals surface area contributed by atoms with E-state index < -0.39 is 11.7 Å². The van der Waals surface area contributed by atoms with E-state index in [1.165, 1.54) is 6.07 Å². The molecule has 0 aliphatic rings. The Morgan fingerprint density at radius 1 is 1.22 bits per heavy atom. The molecule has 18 heavy (non-hydrogen) atoms. The maximum absolute atomic E-state index is 12.6. The third kappa shape index (κ3) is 2.56. The number of fused-ring (bicyclic) bond motifs is 1. The van der Waals surface area contributed by atoms with E-state index in [4.69, 9.17) is 11.6 Å². The highest BCUT2D eigenvalue weighted by Gasteiger charge is 2.30. The summed E-state index contributed by atoms with van der Waals surface area (Å²) in [5, 5.41) is 0.597. The Hall–Kier alpha value is -1.36. The zero-order valence-corrected chi connectivity index (χ0v) is 10.3. The smallest absolute Gasteiger partial charge is 0.222 e. The number of rotatable bonds is 2. The van der Waals surface area contributed by atoms with Gasteiger partial charge in [-0.3, -0.25) is 0 Å². The summed E-state index contributed by atoms with van der Waals surface area (Å²) in [6.45, 7) is 1.96. The van der Waals surface area contributed by atoms with Gasteiger partial charge in [0.1, 0.15) is 0 Å². The zero-order chi connectivity index (χ0) is 13.3. The van der Waals surface area contributed by atoms with Crippen LogP contribution >= 0.6 is 11.6 Å². The van der Waals surface area contributed by atoms with Crippen LogP contribution in [0.4, 0.5) is 13.2 Å². The quantitative estimate of drug-likeness (QED) is 0.765. The largest absolute Gasteiger partial charge is 0.416 e. The minimum atomic E-state index is -4.38. The van der Waals surface area contributed by atoms with Gasteiger partial charge < -0.3 is 0 Å². The predicted octanol–water partition coefficient (Wildman–Crippen LogP) is 4.25. The molecular weight excluding hydrogens is 265 g/mol. The minimum absolute atomic E-state index is 0.0229. The summed E-state index contributed by atoms with van der Waals surface area (Å²) in [5.41, 5.74) is 0.182. The van der Waals surface area contributed by atoms with E-state index in [1.807, 2.05) is 6.92 Å². The fourth-order valence-corrected chi connectivity index (χ4v) is 1.96. The molecule has 1 aromatic heterocycles. The lowest BCUT2D eigenvalue weighted by Crippen LogP contribution is -2.05. The second-order valence-corrected chi connectivity index (χ2v) is 4.26. The van der Waals surface area contributed by atoms with Crippen molar-refractivity contribution in [2.75, 3.05) is 0 Å². The summed E-state index contributed by atoms with van der Waals surface area (Å²) in [6.07, 6.45) is -2.88. The first-order chi connectivity index (χ1) is 8.41. The highest BCUT2D eigenvalue weighted by Crippen LogP contribution is 2.31. The molecular formula is C12H10ClF3N2. The Bertz CT molecular complexity index is 581. The van der Waals surface area contributed by atoms with Crippen molar-refractivity contribution < 1.29 is 13.2 Å². The molecule has 0 bridgehead atoms. The van der Waals surface area contributed by atoms with Gasteiger partial charge in [-0.25, -0.2) is 9.97 Å². The van der Waals surface area contributed by atoms with Crippen LogP contribution in [0.1, 0.15) is 24.6 Å². The lowest BCUT2D eigenvalue weighted by atomic mass is 10.1. The highest BCUT2D eigenvalue weighted by molar-refractivity contribution is 6.28. The first kappa shape index (κ1) is 13.1. The van der Waals surface area contributed by atoms with Gasteiger partial charge in [0.2, 0.25) is 5.28 Å². The summed E-state index contributed by atoms with van der Waals surface area (Å²) in [4.78, 5) is 7.90. The molecule has 2 aromatic rings. The summed E-state index contributed by atoms with van der Waals surface area (Å²) >= 11 is 5.72. The van der Waals surface area contributed by atoms with Gasteiger partial charge in [0.05, 0.1) is 16.8 Å². The molecule has 6 heteroatoms. The van der Waals surface area contributed by atoms with Crippen LogP contribution in [0, 0.1) is 0 Å². The Labute approximate surface area is 107 Å². The first-order valence-electron chi connectivity index (χ1n) is 5.45. The molecule has 2 rings (SSSR count). The molecule has 96 valence electrons. The van der Waals surface area contributed by atoms with Crippen molar-refractivity contribution in [3.05, 3.63) is 34.7 Å². The average Bonchev–Trinajstić information content (AvgIpc) is 2.27. The minimum Gasteiger partial charge on any atom is -0.222 e. The van der Waals surface area contributed by atoms with Crippen molar-refractivity contribution in [1.82, 2.24) is 9.97 Å². The standard InChI is InChI=1S/C12H10ClF3N2/c1-2-3-9-8-5-4-7(12(14,15)16)6-10(8)18-11(13)17-9/h4-6H,2-3H2,1H3. The molecule has 0 fully saturated rings. The number of hydrogen-bond acceptors (Lipinski definition) is 2. The molecule has 0 aliphatic carbocycles. The fraction of sp³-hybridized carbons (Fsp3) is 0.333. The molecule has 0 saturated carbocycles. The van der Waals surface area contributed by atoms with Crippen LogP contribution in [0.5, 0.6) is 0 Å². The lowest BCUT2D eigenvalue weighted by molar-refractivity contribution is -0.137. The van der Waals surface area contributed by atoms with Gasteiger partial charge in [0.25, 0.3) is 0 Å². The van der Waals surface area contributed by atoms with E-state index in [0.717, 1.165) is 18.6 Å². The van der Waals surface area contributed by atoms with Crippen molar-refractivity contribution >= 4 is 22.5 Å². The number of benzene rings is 1. The van der Waals surface area contributed by atoms with Crippen LogP contribution < -0.4 is 0 Å². The predicted molar refractivity (Wildman–Crippen MR) is 63.5 cm³/mol. The second-order valence-electron chi connectivity index (χ2n) is 3.92. The average molecular weight is 275 g/mol. The SMILES string of the molecule is CCCc1nc(Cl)nc2cc(C(F)(F)F)ccc12. The van der Waals surface area contributed by atoms with Crippen LogP contribution in [0.15, 0.2) is 18.2 Å². The molecule has 0 atom stereocenters. The summed E-state index contributed by atoms with van der Waals surface area (Å²) < 4.78 is 37.8. The number of hydrogen-bond donors (Lipinski definition) is 0. The van der Waals surface area contributed by atoms with Crippen LogP contribution in [-0.4, -0.2) is 9.97 Å². The molecule has 0 aliphatic heterocycles. The van der Waals surface area contributed by atoms with Gasteiger partial charge in [0, 0.05) is 5.39 Å². The van der Waals surface area contributed by atoms with Crippen molar-refractivity contribution in [1.29, 1.82) is 0 Å². The van der Waals surface area contributed by atoms with Gasteiger partial charge >= 0.3 is 6.18 Å². The van der Waals surface area contributed by atoms with E-state index in [0.29, 0.717) is 17.5 Å². The van der Waals surface area contributed by atoms with Gasteiger partial charge in [-0.15, -0.1) is 0 Å². The molecule has 0 saturated heterocycles. The molecule has 0 radical (unpaired) electrons. The van der Waals surface area contributed by atoms with Gasteiger partial charge in [0.15, 0.2) is 0 Å². The van der Waals surface area contributed by atoms with E-state index in [1.54, 1.807) is 0 Å².